The van der Waals surface area contributed by atoms with Gasteiger partial charge in [-0.15, -0.1) is 0 Å². The van der Waals surface area contributed by atoms with Crippen LogP contribution in [0.2, 0.25) is 0 Å². The highest BCUT2D eigenvalue weighted by Gasteiger charge is 2.66. The molecule has 4 aliphatic carbocycles. The summed E-state index contributed by atoms with van der Waals surface area (Å²) in [4.78, 5) is 126. The number of benzene rings is 2. The summed E-state index contributed by atoms with van der Waals surface area (Å²) in [6, 6.07) is 12.9. The number of ether oxygens (including phenoxy) is 6. The number of esters is 2. The van der Waals surface area contributed by atoms with Gasteiger partial charge in [0.15, 0.2) is 11.6 Å². The standard InChI is InChI=1S/2C41H56FN3O9S/c2*1-25-11-7-8-12-27-20-41(27,38(49)44-55(50,51)40(24-42)15-16-40)21-33(46)32-18-28(53-36-30-14-10-9-13-29(30)34(52-6)22-43-36)23-45(32)37(48)31(26(2)17-25)19-35(47)54-39(3,4)5/h2*9-10,13-14,22,25-28,31-32H,7-8,11-12,15-21,23-24H2,1-6H3,(H,44,49)/t25-,26+,27+,28+,31-,32-,41+;25-,26-,27-,28-,31+,32+,41-/m01/s1. The molecule has 24 nitrogen and oxygen atoms in total. The van der Waals surface area contributed by atoms with Gasteiger partial charge in [-0.05, 0) is 153 Å². The number of pyridine rings is 2. The molecule has 0 bridgehead atoms. The molecule has 12 rings (SSSR count). The summed E-state index contributed by atoms with van der Waals surface area (Å²) in [6.07, 6.45) is 9.83. The molecule has 4 saturated heterocycles. The van der Waals surface area contributed by atoms with Crippen molar-refractivity contribution in [2.75, 3.05) is 40.7 Å². The summed E-state index contributed by atoms with van der Waals surface area (Å²) < 4.78 is 117. The molecule has 8 fully saturated rings. The maximum Gasteiger partial charge on any atom is 0.307 e. The number of amides is 4. The SMILES string of the molecule is COc1cnc(O[C@@H]2C[C@H]3C(=O)C[C@]4(C(=O)NS(=O)(=O)C5(CF)CC5)C[C@H]4CCCC[C@@H](C)C[C@@H](C)[C@H](CC(=O)OC(C)(C)C)C(=O)N3C2)c2ccccc12.COc1cnc(O[C@@H]2C[C@H]3C(=O)C[C@]4(C(=O)NS(=O)(=O)C5(CF)CC5)C[C@H]4CCCC[C@H](C)C[C@@H](C)[C@H](CC(=O)OC(C)(C)C)C(=O)N3C2)c2ccccc12. The van der Waals surface area contributed by atoms with Gasteiger partial charge >= 0.3 is 11.9 Å². The molecular weight excluding hydrogens is 1460 g/mol. The summed E-state index contributed by atoms with van der Waals surface area (Å²) >= 11 is 0. The van der Waals surface area contributed by atoms with Gasteiger partial charge in [-0.1, -0.05) is 103 Å². The molecule has 0 radical (unpaired) electrons. The molecule has 8 aliphatic rings. The van der Waals surface area contributed by atoms with Gasteiger partial charge in [-0.25, -0.2) is 35.6 Å². The maximum atomic E-state index is 14.9. The fraction of sp³-hybridized carbons (Fsp3) is 0.683. The minimum atomic E-state index is -4.31. The number of hydrogen-bond donors (Lipinski definition) is 2. The number of alkyl halides is 2. The third-order valence-corrected chi connectivity index (χ3v) is 28.7. The van der Waals surface area contributed by atoms with E-state index in [0.29, 0.717) is 72.6 Å². The zero-order chi connectivity index (χ0) is 79.8. The average molecular weight is 1570 g/mol. The first-order chi connectivity index (χ1) is 51.8. The van der Waals surface area contributed by atoms with Crippen molar-refractivity contribution in [2.24, 2.45) is 58.2 Å². The number of methoxy groups -OCH3 is 2. The smallest absolute Gasteiger partial charge is 0.307 e. The minimum Gasteiger partial charge on any atom is -0.494 e. The first kappa shape index (κ1) is 83.3. The van der Waals surface area contributed by atoms with E-state index in [2.05, 4.69) is 33.3 Å². The van der Waals surface area contributed by atoms with Gasteiger partial charge in [0.2, 0.25) is 55.4 Å². The van der Waals surface area contributed by atoms with Crippen molar-refractivity contribution >= 4 is 88.7 Å². The summed E-state index contributed by atoms with van der Waals surface area (Å²) in [7, 11) is -5.52. The predicted molar refractivity (Wildman–Crippen MR) is 407 cm³/mol. The Morgan fingerprint density at radius 3 is 1.20 bits per heavy atom. The molecule has 2 aromatic carbocycles. The number of aromatic nitrogens is 2. The van der Waals surface area contributed by atoms with Crippen LogP contribution in [0.4, 0.5) is 8.78 Å². The molecule has 2 aromatic heterocycles. The Bertz CT molecular complexity index is 4100. The van der Waals surface area contributed by atoms with Crippen LogP contribution in [0.3, 0.4) is 0 Å². The summed E-state index contributed by atoms with van der Waals surface area (Å²) in [5.41, 5.74) is -4.12. The topological polar surface area (TPSA) is 317 Å². The van der Waals surface area contributed by atoms with E-state index in [0.717, 1.165) is 49.3 Å². The quantitative estimate of drug-likeness (QED) is 0.0874. The number of fused-ring (bicyclic) bond motifs is 6. The Labute approximate surface area is 645 Å². The molecule has 0 spiro atoms. The van der Waals surface area contributed by atoms with Gasteiger partial charge in [0, 0.05) is 47.2 Å². The number of carbonyl (C=O) groups excluding carboxylic acids is 8. The highest BCUT2D eigenvalue weighted by atomic mass is 32.2. The highest BCUT2D eigenvalue weighted by molar-refractivity contribution is 7.92. The number of ketones is 2. The van der Waals surface area contributed by atoms with E-state index in [9.17, 15) is 64.0 Å². The number of rotatable bonds is 18. The second kappa shape index (κ2) is 32.8. The Balaban J connectivity index is 0.000000218. The van der Waals surface area contributed by atoms with Crippen molar-refractivity contribution in [3.8, 4) is 23.3 Å². The molecule has 28 heteroatoms. The predicted octanol–water partition coefficient (Wildman–Crippen LogP) is 12.2. The van der Waals surface area contributed by atoms with Crippen LogP contribution >= 0.6 is 0 Å². The summed E-state index contributed by atoms with van der Waals surface area (Å²) in [5.74, 6) is -4.40. The van der Waals surface area contributed by atoms with Crippen molar-refractivity contribution in [3.63, 3.8) is 0 Å². The molecule has 4 amide bonds. The van der Waals surface area contributed by atoms with Crippen LogP contribution in [0, 0.1) is 58.2 Å². The molecule has 14 atom stereocenters. The molecule has 604 valence electrons. The first-order valence-corrected chi connectivity index (χ1v) is 42.3. The largest absolute Gasteiger partial charge is 0.494 e. The third-order valence-electron chi connectivity index (χ3n) is 24.5. The van der Waals surface area contributed by atoms with E-state index < -0.39 is 125 Å². The average Bonchev–Trinajstić information content (AvgIpc) is 1.57. The van der Waals surface area contributed by atoms with Crippen LogP contribution in [0.25, 0.3) is 21.5 Å². The zero-order valence-electron chi connectivity index (χ0n) is 65.8. The number of halogens is 2. The number of Topliss-reactive ketones (excluding diaryl/α,β-unsaturated/α-hetero) is 2. The lowest BCUT2D eigenvalue weighted by atomic mass is 9.81. The van der Waals surface area contributed by atoms with Gasteiger partial charge in [0.05, 0.1) is 87.3 Å². The van der Waals surface area contributed by atoms with Crippen molar-refractivity contribution in [2.45, 2.75) is 255 Å². The third kappa shape index (κ3) is 18.4. The number of sulfonamides is 2. The van der Waals surface area contributed by atoms with Gasteiger partial charge in [0.1, 0.15) is 57.8 Å². The normalized spacial score (nSPS) is 30.0. The van der Waals surface area contributed by atoms with Crippen molar-refractivity contribution in [1.29, 1.82) is 0 Å². The molecule has 0 unspecified atom stereocenters. The Morgan fingerprint density at radius 1 is 0.527 bits per heavy atom. The van der Waals surface area contributed by atoms with E-state index in [1.165, 1.54) is 9.80 Å². The van der Waals surface area contributed by atoms with Crippen molar-refractivity contribution in [1.82, 2.24) is 29.2 Å². The molecule has 110 heavy (non-hydrogen) atoms. The number of hydrogen-bond acceptors (Lipinski definition) is 20. The Hall–Kier alpha value is -7.62. The Kier molecular flexibility index (Phi) is 24.9. The van der Waals surface area contributed by atoms with E-state index in [1.807, 2.05) is 62.4 Å². The lowest BCUT2D eigenvalue weighted by molar-refractivity contribution is -0.160. The minimum absolute atomic E-state index is 0.0282. The molecule has 4 aliphatic heterocycles. The van der Waals surface area contributed by atoms with E-state index >= 15 is 0 Å². The molecular formula is C82H112F2N6O18S2. The number of carbonyl (C=O) groups is 8. The zero-order valence-corrected chi connectivity index (χ0v) is 67.4. The molecule has 2 N–H and O–H groups in total. The van der Waals surface area contributed by atoms with E-state index in [4.69, 9.17) is 28.4 Å². The second-order valence-corrected chi connectivity index (χ2v) is 39.4. The highest BCUT2D eigenvalue weighted by Crippen LogP contribution is 2.61. The van der Waals surface area contributed by atoms with Crippen LogP contribution in [0.15, 0.2) is 60.9 Å². The second-order valence-electron chi connectivity index (χ2n) is 35.2. The molecule has 4 aromatic rings. The van der Waals surface area contributed by atoms with Gasteiger partial charge in [0.25, 0.3) is 0 Å². The van der Waals surface area contributed by atoms with Crippen LogP contribution < -0.4 is 28.4 Å². The summed E-state index contributed by atoms with van der Waals surface area (Å²) in [5, 5.41) is 2.93. The lowest BCUT2D eigenvalue weighted by Crippen LogP contribution is -2.48. The molecule has 4 saturated carbocycles. The number of nitrogens with zero attached hydrogens (tertiary/aromatic N) is 4. The van der Waals surface area contributed by atoms with Crippen molar-refractivity contribution < 1.29 is 92.4 Å². The van der Waals surface area contributed by atoms with Gasteiger partial charge < -0.3 is 38.2 Å². The maximum absolute atomic E-state index is 14.9. The summed E-state index contributed by atoms with van der Waals surface area (Å²) in [6.45, 7) is 16.7. The van der Waals surface area contributed by atoms with Gasteiger partial charge in [-0.2, -0.15) is 0 Å². The van der Waals surface area contributed by atoms with Crippen LogP contribution in [0.5, 0.6) is 23.3 Å². The van der Waals surface area contributed by atoms with E-state index in [-0.39, 0.29) is 136 Å². The van der Waals surface area contributed by atoms with E-state index in [1.54, 1.807) is 68.2 Å². The fourth-order valence-corrected chi connectivity index (χ4v) is 20.5. The van der Waals surface area contributed by atoms with Crippen LogP contribution in [0.1, 0.15) is 210 Å². The number of nitrogens with one attached hydrogen (secondary N) is 2. The molecule has 6 heterocycles. The fourth-order valence-electron chi connectivity index (χ4n) is 17.6. The van der Waals surface area contributed by atoms with Gasteiger partial charge in [-0.3, -0.25) is 47.8 Å². The van der Waals surface area contributed by atoms with Crippen LogP contribution in [-0.2, 0) is 67.9 Å². The van der Waals surface area contributed by atoms with Crippen molar-refractivity contribution in [3.05, 3.63) is 60.9 Å². The Morgan fingerprint density at radius 2 is 0.873 bits per heavy atom. The monoisotopic (exact) mass is 1570 g/mol. The first-order valence-electron chi connectivity index (χ1n) is 39.4. The lowest BCUT2D eigenvalue weighted by Gasteiger charge is -2.32. The van der Waals surface area contributed by atoms with Crippen LogP contribution in [-0.4, -0.2) is 169 Å².